The Morgan fingerprint density at radius 1 is 1.14 bits per heavy atom. The summed E-state index contributed by atoms with van der Waals surface area (Å²) in [6.45, 7) is 0.879. The summed E-state index contributed by atoms with van der Waals surface area (Å²) in [5.74, 6) is 0. The Morgan fingerprint density at radius 2 is 1.86 bits per heavy atom. The molecule has 0 unspecified atom stereocenters. The van der Waals surface area contributed by atoms with Gasteiger partial charge in [-0.05, 0) is 18.9 Å². The van der Waals surface area contributed by atoms with E-state index >= 15 is 0 Å². The van der Waals surface area contributed by atoms with Crippen LogP contribution in [-0.2, 0) is 6.54 Å². The van der Waals surface area contributed by atoms with Crippen molar-refractivity contribution in [3.63, 3.8) is 0 Å². The molecule has 2 atom stereocenters. The zero-order valence-electron chi connectivity index (χ0n) is 17.0. The minimum absolute atomic E-state index is 0.0565. The number of nitrogens with zero attached hydrogens (tertiary/aromatic N) is 3. The third kappa shape index (κ3) is 5.54. The van der Waals surface area contributed by atoms with Crippen LogP contribution in [0.25, 0.3) is 0 Å². The number of nitro benzene ring substituents is 1. The molecule has 1 aliphatic rings. The van der Waals surface area contributed by atoms with Crippen molar-refractivity contribution in [1.82, 2.24) is 0 Å². The van der Waals surface area contributed by atoms with Gasteiger partial charge in [-0.3, -0.25) is 15.1 Å². The SMILES string of the molecule is C[N+](C)(Cc1ccccc1)[C@H]1CCCC[C@@H]1N=C([O-])Nc1cccc([N+](=O)[O-])c1. The molecule has 0 heterocycles. The zero-order valence-corrected chi connectivity index (χ0v) is 17.0. The predicted molar refractivity (Wildman–Crippen MR) is 112 cm³/mol. The van der Waals surface area contributed by atoms with Crippen molar-refractivity contribution in [1.29, 1.82) is 0 Å². The number of benzene rings is 2. The van der Waals surface area contributed by atoms with Crippen LogP contribution in [0.2, 0.25) is 0 Å². The highest BCUT2D eigenvalue weighted by atomic mass is 16.6. The number of rotatable bonds is 6. The molecule has 29 heavy (non-hydrogen) atoms. The highest BCUT2D eigenvalue weighted by molar-refractivity contribution is 5.86. The Kier molecular flexibility index (Phi) is 6.49. The Balaban J connectivity index is 1.74. The quantitative estimate of drug-likeness (QED) is 0.267. The lowest BCUT2D eigenvalue weighted by Gasteiger charge is -2.43. The van der Waals surface area contributed by atoms with E-state index in [1.807, 2.05) is 18.2 Å². The summed E-state index contributed by atoms with van der Waals surface area (Å²) in [6, 6.07) is 16.0. The van der Waals surface area contributed by atoms with E-state index in [0.717, 1.165) is 36.7 Å². The molecule has 7 heteroatoms. The molecule has 0 saturated heterocycles. The molecule has 7 nitrogen and oxygen atoms in total. The summed E-state index contributed by atoms with van der Waals surface area (Å²) < 4.78 is 0.766. The lowest BCUT2D eigenvalue weighted by molar-refractivity contribution is -0.930. The molecule has 1 N–H and O–H groups in total. The molecule has 0 spiro atoms. The molecule has 0 radical (unpaired) electrons. The van der Waals surface area contributed by atoms with Crippen LogP contribution < -0.4 is 10.4 Å². The van der Waals surface area contributed by atoms with Gasteiger partial charge in [0, 0.05) is 29.8 Å². The molecule has 1 saturated carbocycles. The van der Waals surface area contributed by atoms with Crippen LogP contribution in [-0.4, -0.2) is 41.6 Å². The van der Waals surface area contributed by atoms with Gasteiger partial charge in [0.2, 0.25) is 0 Å². The number of aliphatic imine (C=N–C) groups is 1. The smallest absolute Gasteiger partial charge is 0.271 e. The minimum Gasteiger partial charge on any atom is -0.846 e. The third-order valence-corrected chi connectivity index (χ3v) is 5.62. The molecule has 3 rings (SSSR count). The molecular formula is C22H28N4O3. The van der Waals surface area contributed by atoms with Crippen molar-refractivity contribution in [3.05, 3.63) is 70.3 Å². The van der Waals surface area contributed by atoms with Gasteiger partial charge in [-0.25, -0.2) is 0 Å². The number of anilines is 1. The molecule has 1 aliphatic carbocycles. The van der Waals surface area contributed by atoms with Crippen LogP contribution in [0.5, 0.6) is 0 Å². The molecule has 1 fully saturated rings. The minimum atomic E-state index is -0.479. The number of non-ortho nitro benzene ring substituents is 1. The number of amidine groups is 1. The second kappa shape index (κ2) is 9.05. The van der Waals surface area contributed by atoms with Crippen molar-refractivity contribution in [2.24, 2.45) is 4.99 Å². The fourth-order valence-electron chi connectivity index (χ4n) is 4.23. The Bertz CT molecular complexity index is 867. The lowest BCUT2D eigenvalue weighted by atomic mass is 9.88. The largest absolute Gasteiger partial charge is 0.846 e. The molecule has 0 aromatic heterocycles. The summed E-state index contributed by atoms with van der Waals surface area (Å²) >= 11 is 0. The van der Waals surface area contributed by atoms with Gasteiger partial charge in [0.25, 0.3) is 5.69 Å². The number of hydrogen-bond acceptors (Lipinski definition) is 4. The molecule has 154 valence electrons. The zero-order chi connectivity index (χ0) is 20.9. The standard InChI is InChI=1S/C22H28N4O3/c1-26(2,16-17-9-4-3-5-10-17)21-14-7-6-13-20(21)24-22(27)23-18-11-8-12-19(15-18)25(28)29/h3-5,8-12,15,20-21H,6-7,13-14,16H2,1-2H3,(H-,23,24,27)/t20-,21-/m0/s1. The number of nitro groups is 1. The van der Waals surface area contributed by atoms with E-state index in [1.54, 1.807) is 12.1 Å². The monoisotopic (exact) mass is 396 g/mol. The first kappa shape index (κ1) is 20.8. The average Bonchev–Trinajstić information content (AvgIpc) is 2.69. The number of likely N-dealkylation sites (N-methyl/N-ethyl adjacent to an activating group) is 1. The average molecular weight is 396 g/mol. The fourth-order valence-corrected chi connectivity index (χ4v) is 4.23. The van der Waals surface area contributed by atoms with Crippen molar-refractivity contribution < 1.29 is 14.5 Å². The Hall–Kier alpha value is -2.93. The van der Waals surface area contributed by atoms with E-state index in [9.17, 15) is 15.2 Å². The maximum Gasteiger partial charge on any atom is 0.271 e. The van der Waals surface area contributed by atoms with Gasteiger partial charge in [-0.1, -0.05) is 42.8 Å². The normalized spacial score (nSPS) is 20.3. The fraction of sp³-hybridized carbons (Fsp3) is 0.409. The Morgan fingerprint density at radius 3 is 2.59 bits per heavy atom. The van der Waals surface area contributed by atoms with E-state index < -0.39 is 10.9 Å². The predicted octanol–water partition coefficient (Wildman–Crippen LogP) is 3.31. The van der Waals surface area contributed by atoms with E-state index in [0.29, 0.717) is 5.69 Å². The molecule has 2 aromatic carbocycles. The summed E-state index contributed by atoms with van der Waals surface area (Å²) in [6.07, 6.45) is 4.10. The topological polar surface area (TPSA) is 90.6 Å². The van der Waals surface area contributed by atoms with Crippen LogP contribution in [0.4, 0.5) is 11.4 Å². The number of nitrogens with one attached hydrogen (secondary N) is 1. The van der Waals surface area contributed by atoms with Crippen molar-refractivity contribution in [2.75, 3.05) is 19.4 Å². The molecule has 0 aliphatic heterocycles. The van der Waals surface area contributed by atoms with E-state index in [-0.39, 0.29) is 17.8 Å². The summed E-state index contributed by atoms with van der Waals surface area (Å²) in [7, 11) is 4.40. The Labute approximate surface area is 171 Å². The van der Waals surface area contributed by atoms with Gasteiger partial charge < -0.3 is 14.9 Å². The maximum absolute atomic E-state index is 12.5. The molecule has 2 aromatic rings. The van der Waals surface area contributed by atoms with Crippen molar-refractivity contribution in [3.8, 4) is 0 Å². The summed E-state index contributed by atoms with van der Waals surface area (Å²) in [5, 5.41) is 26.2. The molecule has 0 amide bonds. The van der Waals surface area contributed by atoms with Gasteiger partial charge in [0.1, 0.15) is 18.6 Å². The van der Waals surface area contributed by atoms with Crippen LogP contribution in [0.1, 0.15) is 31.2 Å². The lowest BCUT2D eigenvalue weighted by Crippen LogP contribution is -2.55. The van der Waals surface area contributed by atoms with Gasteiger partial charge in [0.15, 0.2) is 0 Å². The second-order valence-corrected chi connectivity index (χ2v) is 8.21. The van der Waals surface area contributed by atoms with Crippen molar-refractivity contribution in [2.45, 2.75) is 44.3 Å². The second-order valence-electron chi connectivity index (χ2n) is 8.21. The first-order valence-corrected chi connectivity index (χ1v) is 9.98. The molecular weight excluding hydrogens is 368 g/mol. The van der Waals surface area contributed by atoms with Gasteiger partial charge in [-0.15, -0.1) is 0 Å². The highest BCUT2D eigenvalue weighted by Gasteiger charge is 2.37. The maximum atomic E-state index is 12.5. The van der Waals surface area contributed by atoms with Crippen LogP contribution in [0.3, 0.4) is 0 Å². The van der Waals surface area contributed by atoms with Gasteiger partial charge in [-0.2, -0.15) is 0 Å². The van der Waals surface area contributed by atoms with Crippen LogP contribution in [0, 0.1) is 10.1 Å². The van der Waals surface area contributed by atoms with Crippen LogP contribution in [0.15, 0.2) is 59.6 Å². The highest BCUT2D eigenvalue weighted by Crippen LogP contribution is 2.30. The molecule has 0 bridgehead atoms. The van der Waals surface area contributed by atoms with E-state index in [1.165, 1.54) is 17.7 Å². The van der Waals surface area contributed by atoms with E-state index in [4.69, 9.17) is 0 Å². The van der Waals surface area contributed by atoms with Gasteiger partial charge >= 0.3 is 0 Å². The van der Waals surface area contributed by atoms with Crippen molar-refractivity contribution >= 4 is 17.4 Å². The van der Waals surface area contributed by atoms with Gasteiger partial charge in [0.05, 0.1) is 25.0 Å². The first-order chi connectivity index (χ1) is 13.8. The van der Waals surface area contributed by atoms with E-state index in [2.05, 4.69) is 36.5 Å². The number of hydrogen-bond donors (Lipinski definition) is 1. The summed E-state index contributed by atoms with van der Waals surface area (Å²) in [4.78, 5) is 14.9. The van der Waals surface area contributed by atoms with Crippen LogP contribution >= 0.6 is 0 Å². The number of quaternary nitrogens is 1. The summed E-state index contributed by atoms with van der Waals surface area (Å²) in [5.41, 5.74) is 1.60. The third-order valence-electron chi connectivity index (χ3n) is 5.62. The first-order valence-electron chi connectivity index (χ1n) is 9.98.